The molecule has 0 N–H and O–H groups in total. The Balaban J connectivity index is 1.37. The first kappa shape index (κ1) is 20.5. The summed E-state index contributed by atoms with van der Waals surface area (Å²) < 4.78 is 5.81. The Morgan fingerprint density at radius 1 is 1.03 bits per heavy atom. The summed E-state index contributed by atoms with van der Waals surface area (Å²) in [7, 11) is 0. The normalized spacial score (nSPS) is 18.0. The first-order valence-electron chi connectivity index (χ1n) is 10.3. The van der Waals surface area contributed by atoms with E-state index in [-0.39, 0.29) is 24.3 Å². The Labute approximate surface area is 181 Å². The van der Waals surface area contributed by atoms with E-state index in [0.29, 0.717) is 4.91 Å². The van der Waals surface area contributed by atoms with E-state index in [4.69, 9.17) is 4.74 Å². The van der Waals surface area contributed by atoms with Gasteiger partial charge in [0.25, 0.3) is 11.1 Å². The van der Waals surface area contributed by atoms with Gasteiger partial charge in [-0.2, -0.15) is 0 Å². The molecule has 0 aromatic heterocycles. The third-order valence-electron chi connectivity index (χ3n) is 5.45. The van der Waals surface area contributed by atoms with Crippen molar-refractivity contribution in [2.75, 3.05) is 31.1 Å². The van der Waals surface area contributed by atoms with Crippen LogP contribution < -0.4 is 9.64 Å². The number of amides is 2. The maximum atomic E-state index is 12.7. The molecule has 2 aliphatic heterocycles. The van der Waals surface area contributed by atoms with E-state index in [1.807, 2.05) is 44.2 Å². The lowest BCUT2D eigenvalue weighted by molar-refractivity contribution is -0.123. The van der Waals surface area contributed by atoms with Crippen molar-refractivity contribution in [1.82, 2.24) is 4.90 Å². The molecule has 0 unspecified atom stereocenters. The molecule has 0 radical (unpaired) electrons. The monoisotopic (exact) mass is 422 g/mol. The van der Waals surface area contributed by atoms with Gasteiger partial charge in [-0.05, 0) is 79.4 Å². The van der Waals surface area contributed by atoms with E-state index < -0.39 is 0 Å². The van der Waals surface area contributed by atoms with Crippen molar-refractivity contribution >= 4 is 34.7 Å². The molecule has 0 saturated carbocycles. The largest absolute Gasteiger partial charge is 0.491 e. The van der Waals surface area contributed by atoms with Crippen molar-refractivity contribution < 1.29 is 14.3 Å². The highest BCUT2D eigenvalue weighted by atomic mass is 32.2. The Hall–Kier alpha value is -2.73. The fraction of sp³-hybridized carbons (Fsp3) is 0.333. The molecule has 2 amide bonds. The molecule has 0 atom stereocenters. The van der Waals surface area contributed by atoms with Crippen LogP contribution in [-0.4, -0.2) is 42.3 Å². The van der Waals surface area contributed by atoms with Gasteiger partial charge in [0.2, 0.25) is 0 Å². The van der Waals surface area contributed by atoms with Crippen LogP contribution >= 0.6 is 11.8 Å². The molecule has 2 aliphatic rings. The van der Waals surface area contributed by atoms with Gasteiger partial charge in [-0.1, -0.05) is 24.3 Å². The smallest absolute Gasteiger partial charge is 0.293 e. The van der Waals surface area contributed by atoms with Crippen LogP contribution in [0.4, 0.5) is 10.5 Å². The van der Waals surface area contributed by atoms with Crippen LogP contribution in [0.3, 0.4) is 0 Å². The molecule has 0 spiro atoms. The maximum Gasteiger partial charge on any atom is 0.293 e. The van der Waals surface area contributed by atoms with Crippen molar-refractivity contribution in [3.8, 4) is 5.75 Å². The van der Waals surface area contributed by atoms with Crippen LogP contribution in [0, 0.1) is 13.8 Å². The summed E-state index contributed by atoms with van der Waals surface area (Å²) in [4.78, 5) is 29.1. The highest BCUT2D eigenvalue weighted by Crippen LogP contribution is 2.32. The summed E-state index contributed by atoms with van der Waals surface area (Å²) in [6, 6.07) is 14.2. The van der Waals surface area contributed by atoms with Crippen molar-refractivity contribution in [3.05, 3.63) is 64.1 Å². The minimum atomic E-state index is -0.252. The van der Waals surface area contributed by atoms with Crippen LogP contribution in [0.15, 0.2) is 47.4 Å². The Morgan fingerprint density at radius 2 is 1.77 bits per heavy atom. The predicted molar refractivity (Wildman–Crippen MR) is 122 cm³/mol. The molecule has 156 valence electrons. The molecule has 2 heterocycles. The third kappa shape index (κ3) is 4.54. The van der Waals surface area contributed by atoms with Gasteiger partial charge in [-0.25, -0.2) is 0 Å². The highest BCUT2D eigenvalue weighted by Gasteiger charge is 2.34. The summed E-state index contributed by atoms with van der Waals surface area (Å²) in [5, 5.41) is -0.246. The zero-order valence-corrected chi connectivity index (χ0v) is 18.2. The Kier molecular flexibility index (Phi) is 6.13. The molecule has 5 nitrogen and oxygen atoms in total. The summed E-state index contributed by atoms with van der Waals surface area (Å²) in [6.45, 7) is 6.70. The number of ether oxygens (including phenoxy) is 1. The van der Waals surface area contributed by atoms with Crippen LogP contribution in [0.25, 0.3) is 6.08 Å². The van der Waals surface area contributed by atoms with Gasteiger partial charge in [0, 0.05) is 18.8 Å². The van der Waals surface area contributed by atoms with Crippen molar-refractivity contribution in [2.24, 2.45) is 0 Å². The fourth-order valence-electron chi connectivity index (χ4n) is 3.71. The van der Waals surface area contributed by atoms with Crippen LogP contribution in [-0.2, 0) is 4.79 Å². The quantitative estimate of drug-likeness (QED) is 0.612. The second kappa shape index (κ2) is 8.96. The van der Waals surface area contributed by atoms with Crippen LogP contribution in [0.1, 0.15) is 29.5 Å². The maximum absolute atomic E-state index is 12.7. The van der Waals surface area contributed by atoms with Gasteiger partial charge in [0.1, 0.15) is 12.4 Å². The van der Waals surface area contributed by atoms with Gasteiger partial charge in [-0.3, -0.25) is 14.5 Å². The second-order valence-corrected chi connectivity index (χ2v) is 8.73. The summed E-state index contributed by atoms with van der Waals surface area (Å²) in [6.07, 6.45) is 4.27. The number of anilines is 1. The number of benzene rings is 2. The Bertz CT molecular complexity index is 978. The molecular formula is C24H26N2O3S. The first-order valence-corrected chi connectivity index (χ1v) is 11.1. The number of carbonyl (C=O) groups excluding carboxylic acids is 2. The highest BCUT2D eigenvalue weighted by molar-refractivity contribution is 8.18. The van der Waals surface area contributed by atoms with E-state index in [2.05, 4.69) is 17.0 Å². The summed E-state index contributed by atoms with van der Waals surface area (Å²) >= 11 is 0.991. The number of carbonyl (C=O) groups is 2. The number of nitrogens with zero attached hydrogens (tertiary/aromatic N) is 2. The molecule has 2 aromatic carbocycles. The van der Waals surface area contributed by atoms with Gasteiger partial charge in [0.05, 0.1) is 11.4 Å². The van der Waals surface area contributed by atoms with E-state index in [1.165, 1.54) is 23.4 Å². The molecule has 30 heavy (non-hydrogen) atoms. The molecule has 0 aliphatic carbocycles. The number of aryl methyl sites for hydroxylation is 2. The number of hydrogen-bond acceptors (Lipinski definition) is 5. The molecule has 0 bridgehead atoms. The fourth-order valence-corrected chi connectivity index (χ4v) is 4.58. The SMILES string of the molecule is Cc1ccc(C)c(OCCN2C(=O)S/C(=C\c3ccc(N4CCCC4)cc3)C2=O)c1. The van der Waals surface area contributed by atoms with Gasteiger partial charge < -0.3 is 9.64 Å². The van der Waals surface area contributed by atoms with Gasteiger partial charge in [0.15, 0.2) is 0 Å². The summed E-state index contributed by atoms with van der Waals surface area (Å²) in [5.74, 6) is 0.536. The van der Waals surface area contributed by atoms with Crippen molar-refractivity contribution in [1.29, 1.82) is 0 Å². The average molecular weight is 423 g/mol. The third-order valence-corrected chi connectivity index (χ3v) is 6.36. The molecule has 2 aromatic rings. The first-order chi connectivity index (χ1) is 14.5. The van der Waals surface area contributed by atoms with E-state index in [9.17, 15) is 9.59 Å². The minimum Gasteiger partial charge on any atom is -0.491 e. The number of thioether (sulfide) groups is 1. The standard InChI is InChI=1S/C24H26N2O3S/c1-17-5-6-18(2)21(15-17)29-14-13-26-23(27)22(30-24(26)28)16-19-7-9-20(10-8-19)25-11-3-4-12-25/h5-10,15-16H,3-4,11-14H2,1-2H3/b22-16-. The lowest BCUT2D eigenvalue weighted by Gasteiger charge is -2.17. The number of imide groups is 1. The molecule has 6 heteroatoms. The number of hydrogen-bond donors (Lipinski definition) is 0. The molecule has 2 saturated heterocycles. The van der Waals surface area contributed by atoms with Crippen LogP contribution in [0.5, 0.6) is 5.75 Å². The van der Waals surface area contributed by atoms with Gasteiger partial charge in [-0.15, -0.1) is 0 Å². The van der Waals surface area contributed by atoms with Gasteiger partial charge >= 0.3 is 0 Å². The minimum absolute atomic E-state index is 0.239. The van der Waals surface area contributed by atoms with E-state index in [0.717, 1.165) is 47.3 Å². The van der Waals surface area contributed by atoms with E-state index >= 15 is 0 Å². The van der Waals surface area contributed by atoms with Crippen molar-refractivity contribution in [3.63, 3.8) is 0 Å². The van der Waals surface area contributed by atoms with E-state index in [1.54, 1.807) is 6.08 Å². The predicted octanol–water partition coefficient (Wildman–Crippen LogP) is 5.02. The summed E-state index contributed by atoms with van der Waals surface area (Å²) in [5.41, 5.74) is 4.28. The zero-order chi connectivity index (χ0) is 21.1. The average Bonchev–Trinajstić information content (AvgIpc) is 3.36. The number of rotatable bonds is 6. The van der Waals surface area contributed by atoms with Crippen molar-refractivity contribution in [2.45, 2.75) is 26.7 Å². The second-order valence-electron chi connectivity index (χ2n) is 7.74. The molecule has 4 rings (SSSR count). The Morgan fingerprint density at radius 3 is 2.50 bits per heavy atom. The molecule has 2 fully saturated rings. The lowest BCUT2D eigenvalue weighted by atomic mass is 10.1. The zero-order valence-electron chi connectivity index (χ0n) is 17.4. The topological polar surface area (TPSA) is 49.9 Å². The lowest BCUT2D eigenvalue weighted by Crippen LogP contribution is -2.32. The van der Waals surface area contributed by atoms with Crippen LogP contribution in [0.2, 0.25) is 0 Å². The molecular weight excluding hydrogens is 396 g/mol.